The number of hydrogen-bond donors (Lipinski definition) is 1. The first-order valence-corrected chi connectivity index (χ1v) is 6.93. The van der Waals surface area contributed by atoms with Gasteiger partial charge in [0.1, 0.15) is 0 Å². The van der Waals surface area contributed by atoms with Crippen LogP contribution in [0.1, 0.15) is 31.2 Å². The van der Waals surface area contributed by atoms with Gasteiger partial charge >= 0.3 is 0 Å². The predicted octanol–water partition coefficient (Wildman–Crippen LogP) is 3.03. The predicted molar refractivity (Wildman–Crippen MR) is 76.8 cm³/mol. The van der Waals surface area contributed by atoms with Crippen molar-refractivity contribution >= 4 is 17.6 Å². The van der Waals surface area contributed by atoms with Crippen molar-refractivity contribution in [2.75, 3.05) is 13.1 Å². The van der Waals surface area contributed by atoms with Gasteiger partial charge in [0.25, 0.3) is 0 Å². The fourth-order valence-electron chi connectivity index (χ4n) is 2.21. The third-order valence-corrected chi connectivity index (χ3v) is 3.48. The van der Waals surface area contributed by atoms with Gasteiger partial charge in [-0.1, -0.05) is 36.6 Å². The number of benzene rings is 1. The number of likely N-dealkylation sites (tertiary alicyclic amines) is 1. The van der Waals surface area contributed by atoms with Gasteiger partial charge < -0.3 is 10.6 Å². The van der Waals surface area contributed by atoms with Crippen LogP contribution in [0.3, 0.4) is 0 Å². The Kier molecular flexibility index (Phi) is 4.88. The van der Waals surface area contributed by atoms with Gasteiger partial charge in [-0.05, 0) is 30.5 Å². The second kappa shape index (κ2) is 6.64. The van der Waals surface area contributed by atoms with Gasteiger partial charge in [0.2, 0.25) is 0 Å². The van der Waals surface area contributed by atoms with Crippen LogP contribution in [0.2, 0.25) is 5.02 Å². The van der Waals surface area contributed by atoms with E-state index in [9.17, 15) is 0 Å². The summed E-state index contributed by atoms with van der Waals surface area (Å²) in [6.07, 6.45) is 5.04. The third kappa shape index (κ3) is 3.91. The fourth-order valence-corrected chi connectivity index (χ4v) is 2.42. The molecule has 2 N–H and O–H groups in total. The lowest BCUT2D eigenvalue weighted by atomic mass is 10.2. The van der Waals surface area contributed by atoms with Crippen LogP contribution in [0.15, 0.2) is 29.3 Å². The summed E-state index contributed by atoms with van der Waals surface area (Å²) in [5, 5.41) is 0.746. The van der Waals surface area contributed by atoms with Gasteiger partial charge in [-0.2, -0.15) is 0 Å². The van der Waals surface area contributed by atoms with Crippen LogP contribution in [-0.4, -0.2) is 23.9 Å². The second-order valence-corrected chi connectivity index (χ2v) is 5.14. The highest BCUT2D eigenvalue weighted by molar-refractivity contribution is 6.30. The zero-order valence-corrected chi connectivity index (χ0v) is 11.4. The van der Waals surface area contributed by atoms with Crippen molar-refractivity contribution in [3.05, 3.63) is 34.9 Å². The molecule has 98 valence electrons. The maximum atomic E-state index is 6.05. The van der Waals surface area contributed by atoms with Crippen LogP contribution in [-0.2, 0) is 6.54 Å². The molecule has 1 heterocycles. The molecule has 3 nitrogen and oxygen atoms in total. The van der Waals surface area contributed by atoms with Crippen molar-refractivity contribution in [1.29, 1.82) is 0 Å². The molecule has 0 aliphatic carbocycles. The van der Waals surface area contributed by atoms with Crippen molar-refractivity contribution < 1.29 is 0 Å². The number of halogens is 1. The van der Waals surface area contributed by atoms with E-state index in [-0.39, 0.29) is 0 Å². The van der Waals surface area contributed by atoms with Crippen molar-refractivity contribution in [2.24, 2.45) is 10.7 Å². The molecule has 1 aromatic rings. The van der Waals surface area contributed by atoms with Crippen LogP contribution in [0.5, 0.6) is 0 Å². The van der Waals surface area contributed by atoms with E-state index in [2.05, 4.69) is 9.89 Å². The van der Waals surface area contributed by atoms with Crippen LogP contribution in [0.4, 0.5) is 0 Å². The molecule has 18 heavy (non-hydrogen) atoms. The number of guanidine groups is 1. The molecule has 0 unspecified atom stereocenters. The topological polar surface area (TPSA) is 41.6 Å². The largest absolute Gasteiger partial charge is 0.370 e. The highest BCUT2D eigenvalue weighted by Crippen LogP contribution is 2.12. The van der Waals surface area contributed by atoms with Crippen LogP contribution in [0, 0.1) is 0 Å². The van der Waals surface area contributed by atoms with Gasteiger partial charge in [-0.3, -0.25) is 0 Å². The number of aliphatic imine (C=N–C) groups is 1. The molecule has 0 radical (unpaired) electrons. The summed E-state index contributed by atoms with van der Waals surface area (Å²) in [4.78, 5) is 6.65. The monoisotopic (exact) mass is 265 g/mol. The summed E-state index contributed by atoms with van der Waals surface area (Å²) in [6.45, 7) is 2.67. The van der Waals surface area contributed by atoms with Crippen molar-refractivity contribution in [3.8, 4) is 0 Å². The summed E-state index contributed by atoms with van der Waals surface area (Å²) >= 11 is 5.94. The maximum Gasteiger partial charge on any atom is 0.191 e. The quantitative estimate of drug-likeness (QED) is 0.660. The zero-order chi connectivity index (χ0) is 12.8. The van der Waals surface area contributed by atoms with Crippen LogP contribution >= 0.6 is 11.6 Å². The summed E-state index contributed by atoms with van der Waals surface area (Å²) in [7, 11) is 0. The summed E-state index contributed by atoms with van der Waals surface area (Å²) in [6, 6.07) is 7.76. The molecule has 0 spiro atoms. The first kappa shape index (κ1) is 13.2. The van der Waals surface area contributed by atoms with Gasteiger partial charge in [0, 0.05) is 18.1 Å². The lowest BCUT2D eigenvalue weighted by Crippen LogP contribution is -2.38. The molecule has 0 bridgehead atoms. The number of nitrogens with two attached hydrogens (primary N) is 1. The minimum absolute atomic E-state index is 0.600. The van der Waals surface area contributed by atoms with E-state index in [4.69, 9.17) is 17.3 Å². The Labute approximate surface area is 114 Å². The molecule has 4 heteroatoms. The fraction of sp³-hybridized carbons (Fsp3) is 0.500. The van der Waals surface area contributed by atoms with E-state index in [0.29, 0.717) is 12.5 Å². The molecule has 2 rings (SSSR count). The normalized spacial score (nSPS) is 17.6. The average Bonchev–Trinajstić information content (AvgIpc) is 2.65. The van der Waals surface area contributed by atoms with Crippen LogP contribution < -0.4 is 5.73 Å². The summed E-state index contributed by atoms with van der Waals surface area (Å²) in [5.41, 5.74) is 7.14. The molecule has 1 aliphatic heterocycles. The van der Waals surface area contributed by atoms with E-state index in [0.717, 1.165) is 23.7 Å². The highest BCUT2D eigenvalue weighted by Gasteiger charge is 2.10. The van der Waals surface area contributed by atoms with Crippen molar-refractivity contribution in [3.63, 3.8) is 0 Å². The third-order valence-electron chi connectivity index (χ3n) is 3.24. The molecule has 1 aliphatic rings. The second-order valence-electron chi connectivity index (χ2n) is 4.71. The first-order chi connectivity index (χ1) is 8.75. The Morgan fingerprint density at radius 3 is 2.61 bits per heavy atom. The SMILES string of the molecule is NC(=NCc1cccc(Cl)c1)N1CCCCCC1. The first-order valence-electron chi connectivity index (χ1n) is 6.55. The lowest BCUT2D eigenvalue weighted by molar-refractivity contribution is 0.428. The zero-order valence-electron chi connectivity index (χ0n) is 10.6. The van der Waals surface area contributed by atoms with Gasteiger partial charge in [0.05, 0.1) is 6.54 Å². The lowest BCUT2D eigenvalue weighted by Gasteiger charge is -2.21. The standard InChI is InChI=1S/C14H20ClN3/c15-13-7-5-6-12(10-13)11-17-14(16)18-8-3-1-2-4-9-18/h5-7,10H,1-4,8-9,11H2,(H2,16,17). The Hall–Kier alpha value is -1.22. The molecule has 0 saturated carbocycles. The number of rotatable bonds is 2. The molecule has 1 fully saturated rings. The van der Waals surface area contributed by atoms with Gasteiger partial charge in [-0.15, -0.1) is 0 Å². The van der Waals surface area contributed by atoms with Crippen molar-refractivity contribution in [1.82, 2.24) is 4.90 Å². The smallest absolute Gasteiger partial charge is 0.191 e. The van der Waals surface area contributed by atoms with E-state index in [1.54, 1.807) is 0 Å². The highest BCUT2D eigenvalue weighted by atomic mass is 35.5. The van der Waals surface area contributed by atoms with Gasteiger partial charge in [-0.25, -0.2) is 4.99 Å². The minimum atomic E-state index is 0.600. The molecular formula is C14H20ClN3. The molecule has 0 atom stereocenters. The molecule has 0 aromatic heterocycles. The average molecular weight is 266 g/mol. The Balaban J connectivity index is 1.95. The molecular weight excluding hydrogens is 246 g/mol. The van der Waals surface area contributed by atoms with Gasteiger partial charge in [0.15, 0.2) is 5.96 Å². The summed E-state index contributed by atoms with van der Waals surface area (Å²) < 4.78 is 0. The Morgan fingerprint density at radius 2 is 1.94 bits per heavy atom. The van der Waals surface area contributed by atoms with E-state index in [1.165, 1.54) is 25.7 Å². The molecule has 1 saturated heterocycles. The van der Waals surface area contributed by atoms with Crippen molar-refractivity contribution in [2.45, 2.75) is 32.2 Å². The van der Waals surface area contributed by atoms with Crippen LogP contribution in [0.25, 0.3) is 0 Å². The van der Waals surface area contributed by atoms with E-state index >= 15 is 0 Å². The molecule has 1 aromatic carbocycles. The molecule has 0 amide bonds. The Bertz CT molecular complexity index is 409. The Morgan fingerprint density at radius 1 is 1.22 bits per heavy atom. The maximum absolute atomic E-state index is 6.05. The van der Waals surface area contributed by atoms with E-state index < -0.39 is 0 Å². The summed E-state index contributed by atoms with van der Waals surface area (Å²) in [5.74, 6) is 0.664. The number of hydrogen-bond acceptors (Lipinski definition) is 1. The minimum Gasteiger partial charge on any atom is -0.370 e. The number of nitrogens with zero attached hydrogens (tertiary/aromatic N) is 2. The van der Waals surface area contributed by atoms with E-state index in [1.807, 2.05) is 24.3 Å².